The molecule has 1 aliphatic heterocycles. The summed E-state index contributed by atoms with van der Waals surface area (Å²) in [5.74, 6) is 0.0620. The van der Waals surface area contributed by atoms with Crippen molar-refractivity contribution in [1.82, 2.24) is 10.6 Å². The minimum atomic E-state index is 0.0620. The maximum Gasteiger partial charge on any atom is 0.252 e. The van der Waals surface area contributed by atoms with E-state index in [2.05, 4.69) is 17.6 Å². The van der Waals surface area contributed by atoms with E-state index in [0.717, 1.165) is 36.1 Å². The molecule has 2 atom stereocenters. The summed E-state index contributed by atoms with van der Waals surface area (Å²) in [4.78, 5) is 12.3. The van der Waals surface area contributed by atoms with Crippen LogP contribution in [0.15, 0.2) is 18.2 Å². The average molecular weight is 246 g/mol. The van der Waals surface area contributed by atoms with Gasteiger partial charge in [0.05, 0.1) is 0 Å². The fourth-order valence-corrected chi connectivity index (χ4v) is 2.55. The second-order valence-electron chi connectivity index (χ2n) is 5.32. The fourth-order valence-electron chi connectivity index (χ4n) is 2.55. The van der Waals surface area contributed by atoms with Crippen molar-refractivity contribution in [3.63, 3.8) is 0 Å². The van der Waals surface area contributed by atoms with E-state index in [-0.39, 0.29) is 11.9 Å². The highest BCUT2D eigenvalue weighted by Crippen LogP contribution is 2.14. The Labute approximate surface area is 109 Å². The van der Waals surface area contributed by atoms with E-state index in [1.54, 1.807) is 0 Å². The van der Waals surface area contributed by atoms with Crippen LogP contribution in [0, 0.1) is 13.8 Å². The van der Waals surface area contributed by atoms with E-state index in [1.807, 2.05) is 32.0 Å². The molecule has 0 aromatic heterocycles. The maximum absolute atomic E-state index is 12.3. The Kier molecular flexibility index (Phi) is 4.02. The van der Waals surface area contributed by atoms with Gasteiger partial charge in [0.25, 0.3) is 5.91 Å². The first-order chi connectivity index (χ1) is 8.58. The standard InChI is InChI=1S/C15H22N2O/c1-10-5-4-6-11(2)14(10)15(18)17-13-8-7-12(3)16-9-13/h4-6,12-13,16H,7-9H2,1-3H3,(H,17,18). The number of nitrogens with one attached hydrogen (secondary N) is 2. The molecule has 3 nitrogen and oxygen atoms in total. The summed E-state index contributed by atoms with van der Waals surface area (Å²) < 4.78 is 0. The summed E-state index contributed by atoms with van der Waals surface area (Å²) in [5, 5.41) is 6.54. The first-order valence-corrected chi connectivity index (χ1v) is 6.68. The Morgan fingerprint density at radius 2 is 1.94 bits per heavy atom. The van der Waals surface area contributed by atoms with Gasteiger partial charge in [-0.2, -0.15) is 0 Å². The average Bonchev–Trinajstić information content (AvgIpc) is 2.32. The Balaban J connectivity index is 2.04. The van der Waals surface area contributed by atoms with Gasteiger partial charge in [0.15, 0.2) is 0 Å². The highest BCUT2D eigenvalue weighted by molar-refractivity contribution is 5.97. The van der Waals surface area contributed by atoms with Crippen LogP contribution in [0.2, 0.25) is 0 Å². The molecule has 1 saturated heterocycles. The molecular formula is C15H22N2O. The van der Waals surface area contributed by atoms with Gasteiger partial charge in [-0.25, -0.2) is 0 Å². The predicted octanol–water partition coefficient (Wildman–Crippen LogP) is 2.17. The number of aryl methyl sites for hydroxylation is 2. The number of carbonyl (C=O) groups excluding carboxylic acids is 1. The number of benzene rings is 1. The molecule has 0 aliphatic carbocycles. The molecule has 0 saturated carbocycles. The molecule has 1 aliphatic rings. The summed E-state index contributed by atoms with van der Waals surface area (Å²) in [6.07, 6.45) is 2.18. The molecule has 98 valence electrons. The Hall–Kier alpha value is -1.35. The van der Waals surface area contributed by atoms with Crippen LogP contribution in [-0.2, 0) is 0 Å². The lowest BCUT2D eigenvalue weighted by atomic mass is 9.99. The Bertz CT molecular complexity index is 414. The van der Waals surface area contributed by atoms with Gasteiger partial charge in [-0.15, -0.1) is 0 Å². The van der Waals surface area contributed by atoms with E-state index in [9.17, 15) is 4.79 Å². The third-order valence-electron chi connectivity index (χ3n) is 3.70. The minimum absolute atomic E-state index is 0.0620. The highest BCUT2D eigenvalue weighted by atomic mass is 16.1. The molecule has 1 fully saturated rings. The van der Waals surface area contributed by atoms with E-state index in [0.29, 0.717) is 6.04 Å². The third-order valence-corrected chi connectivity index (χ3v) is 3.70. The number of hydrogen-bond donors (Lipinski definition) is 2. The first-order valence-electron chi connectivity index (χ1n) is 6.68. The van der Waals surface area contributed by atoms with E-state index in [1.165, 1.54) is 0 Å². The van der Waals surface area contributed by atoms with Crippen molar-refractivity contribution < 1.29 is 4.79 Å². The number of hydrogen-bond acceptors (Lipinski definition) is 2. The molecule has 0 spiro atoms. The lowest BCUT2D eigenvalue weighted by Gasteiger charge is -2.28. The van der Waals surface area contributed by atoms with Crippen molar-refractivity contribution >= 4 is 5.91 Å². The van der Waals surface area contributed by atoms with Crippen LogP contribution >= 0.6 is 0 Å². The van der Waals surface area contributed by atoms with Crippen LogP contribution in [-0.4, -0.2) is 24.5 Å². The lowest BCUT2D eigenvalue weighted by Crippen LogP contribution is -2.48. The summed E-state index contributed by atoms with van der Waals surface area (Å²) >= 11 is 0. The van der Waals surface area contributed by atoms with Crippen LogP contribution in [0.5, 0.6) is 0 Å². The van der Waals surface area contributed by atoms with Crippen molar-refractivity contribution in [2.45, 2.75) is 45.7 Å². The molecule has 2 unspecified atom stereocenters. The highest BCUT2D eigenvalue weighted by Gasteiger charge is 2.21. The number of piperidine rings is 1. The van der Waals surface area contributed by atoms with Gasteiger partial charge in [-0.1, -0.05) is 18.2 Å². The maximum atomic E-state index is 12.3. The first kappa shape index (κ1) is 13.1. The predicted molar refractivity (Wildman–Crippen MR) is 73.9 cm³/mol. The molecule has 0 bridgehead atoms. The van der Waals surface area contributed by atoms with Crippen LogP contribution < -0.4 is 10.6 Å². The monoisotopic (exact) mass is 246 g/mol. The molecular weight excluding hydrogens is 224 g/mol. The summed E-state index contributed by atoms with van der Waals surface area (Å²) in [7, 11) is 0. The largest absolute Gasteiger partial charge is 0.348 e. The molecule has 1 aromatic carbocycles. The summed E-state index contributed by atoms with van der Waals surface area (Å²) in [6.45, 7) is 7.04. The van der Waals surface area contributed by atoms with Crippen LogP contribution in [0.4, 0.5) is 0 Å². The van der Waals surface area contributed by atoms with Crippen molar-refractivity contribution in [1.29, 1.82) is 0 Å². The quantitative estimate of drug-likeness (QED) is 0.839. The van der Waals surface area contributed by atoms with Crippen LogP contribution in [0.3, 0.4) is 0 Å². The Morgan fingerprint density at radius 3 is 2.50 bits per heavy atom. The number of amides is 1. The molecule has 18 heavy (non-hydrogen) atoms. The topological polar surface area (TPSA) is 41.1 Å². The molecule has 2 rings (SSSR count). The van der Waals surface area contributed by atoms with Gasteiger partial charge in [-0.05, 0) is 44.7 Å². The zero-order valence-electron chi connectivity index (χ0n) is 11.4. The minimum Gasteiger partial charge on any atom is -0.348 e. The van der Waals surface area contributed by atoms with Crippen molar-refractivity contribution in [2.24, 2.45) is 0 Å². The summed E-state index contributed by atoms with van der Waals surface area (Å²) in [6, 6.07) is 6.79. The molecule has 1 heterocycles. The second-order valence-corrected chi connectivity index (χ2v) is 5.32. The number of carbonyl (C=O) groups is 1. The zero-order valence-corrected chi connectivity index (χ0v) is 11.4. The zero-order chi connectivity index (χ0) is 13.1. The SMILES string of the molecule is Cc1cccc(C)c1C(=O)NC1CCC(C)NC1. The van der Waals surface area contributed by atoms with E-state index < -0.39 is 0 Å². The molecule has 1 aromatic rings. The van der Waals surface area contributed by atoms with Gasteiger partial charge in [0.1, 0.15) is 0 Å². The Morgan fingerprint density at radius 1 is 1.28 bits per heavy atom. The molecule has 1 amide bonds. The van der Waals surface area contributed by atoms with Gasteiger partial charge >= 0.3 is 0 Å². The molecule has 3 heteroatoms. The van der Waals surface area contributed by atoms with Gasteiger partial charge in [-0.3, -0.25) is 4.79 Å². The molecule has 0 radical (unpaired) electrons. The fraction of sp³-hybridized carbons (Fsp3) is 0.533. The van der Waals surface area contributed by atoms with E-state index in [4.69, 9.17) is 0 Å². The van der Waals surface area contributed by atoms with Crippen LogP contribution in [0.1, 0.15) is 41.3 Å². The second kappa shape index (κ2) is 5.53. The van der Waals surface area contributed by atoms with Gasteiger partial charge in [0, 0.05) is 24.2 Å². The normalized spacial score (nSPS) is 23.7. The van der Waals surface area contributed by atoms with E-state index >= 15 is 0 Å². The van der Waals surface area contributed by atoms with Crippen LogP contribution in [0.25, 0.3) is 0 Å². The van der Waals surface area contributed by atoms with Gasteiger partial charge < -0.3 is 10.6 Å². The van der Waals surface area contributed by atoms with Crippen molar-refractivity contribution in [3.05, 3.63) is 34.9 Å². The third kappa shape index (κ3) is 2.91. The van der Waals surface area contributed by atoms with Gasteiger partial charge in [0.2, 0.25) is 0 Å². The lowest BCUT2D eigenvalue weighted by molar-refractivity contribution is 0.0926. The van der Waals surface area contributed by atoms with Crippen molar-refractivity contribution in [2.75, 3.05) is 6.54 Å². The van der Waals surface area contributed by atoms with Crippen molar-refractivity contribution in [3.8, 4) is 0 Å². The summed E-state index contributed by atoms with van der Waals surface area (Å²) in [5.41, 5.74) is 2.92. The molecule has 2 N–H and O–H groups in total. The number of rotatable bonds is 2. The smallest absolute Gasteiger partial charge is 0.252 e.